The number of likely N-dealkylation sites (tertiary alicyclic amines) is 1. The summed E-state index contributed by atoms with van der Waals surface area (Å²) in [6.07, 6.45) is 2.92. The fraction of sp³-hybridized carbons (Fsp3) is 0.800. The first kappa shape index (κ1) is 24.5. The van der Waals surface area contributed by atoms with Crippen LogP contribution in [0.1, 0.15) is 67.2 Å². The van der Waals surface area contributed by atoms with Crippen molar-refractivity contribution in [2.75, 3.05) is 6.54 Å². The molecule has 2 aliphatic carbocycles. The van der Waals surface area contributed by atoms with Crippen molar-refractivity contribution in [1.29, 1.82) is 5.26 Å². The van der Waals surface area contributed by atoms with E-state index in [1.165, 1.54) is 6.92 Å². The van der Waals surface area contributed by atoms with Gasteiger partial charge in [0.25, 0.3) is 0 Å². The molecule has 186 valence electrons. The molecule has 2 aliphatic heterocycles. The van der Waals surface area contributed by atoms with Gasteiger partial charge < -0.3 is 20.9 Å². The van der Waals surface area contributed by atoms with E-state index in [-0.39, 0.29) is 58.8 Å². The summed E-state index contributed by atoms with van der Waals surface area (Å²) in [6, 6.07) is -0.116. The Morgan fingerprint density at radius 3 is 2.38 bits per heavy atom. The van der Waals surface area contributed by atoms with Gasteiger partial charge >= 0.3 is 0 Å². The average Bonchev–Trinajstić information content (AvgIpc) is 3.43. The summed E-state index contributed by atoms with van der Waals surface area (Å²) in [6.45, 7) is 11.7. The summed E-state index contributed by atoms with van der Waals surface area (Å²) in [5.74, 6) is -1.07. The van der Waals surface area contributed by atoms with Crippen LogP contribution in [0.15, 0.2) is 0 Å². The van der Waals surface area contributed by atoms with Gasteiger partial charge in [-0.05, 0) is 48.3 Å². The highest BCUT2D eigenvalue weighted by atomic mass is 16.2. The summed E-state index contributed by atoms with van der Waals surface area (Å²) in [5.41, 5.74) is -0.691. The number of carbonyl (C=O) groups is 4. The van der Waals surface area contributed by atoms with Crippen LogP contribution < -0.4 is 16.0 Å². The van der Waals surface area contributed by atoms with E-state index in [9.17, 15) is 24.4 Å². The average molecular weight is 472 g/mol. The number of nitriles is 1. The van der Waals surface area contributed by atoms with Gasteiger partial charge in [-0.25, -0.2) is 0 Å². The molecule has 0 bridgehead atoms. The summed E-state index contributed by atoms with van der Waals surface area (Å²) < 4.78 is 0. The number of rotatable bonds is 6. The molecule has 4 aliphatic rings. The number of fused-ring (bicyclic) bond motifs is 1. The number of nitrogens with one attached hydrogen (secondary N) is 3. The Bertz CT molecular complexity index is 957. The lowest BCUT2D eigenvalue weighted by atomic mass is 9.85. The number of carbonyl (C=O) groups excluding carboxylic acids is 4. The fourth-order valence-electron chi connectivity index (χ4n) is 6.17. The minimum atomic E-state index is -0.802. The highest BCUT2D eigenvalue weighted by Crippen LogP contribution is 2.65. The van der Waals surface area contributed by atoms with Crippen LogP contribution in [0, 0.1) is 39.9 Å². The van der Waals surface area contributed by atoms with E-state index < -0.39 is 23.5 Å². The Morgan fingerprint density at radius 2 is 1.88 bits per heavy atom. The van der Waals surface area contributed by atoms with Crippen molar-refractivity contribution in [3.63, 3.8) is 0 Å². The zero-order chi connectivity index (χ0) is 25.2. The summed E-state index contributed by atoms with van der Waals surface area (Å²) >= 11 is 0. The van der Waals surface area contributed by atoms with Crippen LogP contribution in [0.3, 0.4) is 0 Å². The molecule has 9 nitrogen and oxygen atoms in total. The molecule has 6 atom stereocenters. The Balaban J connectivity index is 1.49. The number of hydrogen-bond donors (Lipinski definition) is 3. The van der Waals surface area contributed by atoms with Gasteiger partial charge in [-0.3, -0.25) is 19.2 Å². The molecule has 0 aromatic carbocycles. The largest absolute Gasteiger partial charge is 0.350 e. The van der Waals surface area contributed by atoms with Crippen LogP contribution >= 0.6 is 0 Å². The first-order valence-corrected chi connectivity index (χ1v) is 12.3. The number of hydrogen-bond acceptors (Lipinski definition) is 5. The zero-order valence-electron chi connectivity index (χ0n) is 21.0. The first-order valence-electron chi connectivity index (χ1n) is 12.3. The summed E-state index contributed by atoms with van der Waals surface area (Å²) in [7, 11) is 0. The lowest BCUT2D eigenvalue weighted by Crippen LogP contribution is -2.59. The lowest BCUT2D eigenvalue weighted by Gasteiger charge is -2.37. The Kier molecular flexibility index (Phi) is 5.73. The standard InChI is InChI=1S/C25H37N5O4/c1-13(31)27-19(23(2,3)4)22(34)30-12-16-17(24(16,5)6)18(30)21(33)28-15(11-26)9-14-10-25(7-8-25)29-20(14)32/h14-19H,7-10,12H2,1-6H3,(H,27,31)(H,28,33)(H,29,32)/t14-,15+,16+,17+,18+,19-/m1/s1. The second-order valence-corrected chi connectivity index (χ2v) is 12.5. The molecular weight excluding hydrogens is 434 g/mol. The van der Waals surface area contributed by atoms with Gasteiger partial charge in [-0.1, -0.05) is 34.6 Å². The molecule has 3 N–H and O–H groups in total. The van der Waals surface area contributed by atoms with Crippen molar-refractivity contribution in [1.82, 2.24) is 20.9 Å². The SMILES string of the molecule is CC(=O)N[C@H](C(=O)N1C[C@H]2[C@@H]([C@H]1C(=O)N[C@H](C#N)C[C@@H]1CC3(CC3)NC1=O)C2(C)C)C(C)(C)C. The third-order valence-corrected chi connectivity index (χ3v) is 8.46. The van der Waals surface area contributed by atoms with Gasteiger partial charge in [0.15, 0.2) is 0 Å². The molecule has 2 heterocycles. The van der Waals surface area contributed by atoms with E-state index in [4.69, 9.17) is 0 Å². The highest BCUT2D eigenvalue weighted by molar-refractivity contribution is 5.94. The second-order valence-electron chi connectivity index (χ2n) is 12.5. The van der Waals surface area contributed by atoms with Gasteiger partial charge in [0.1, 0.15) is 18.1 Å². The van der Waals surface area contributed by atoms with Gasteiger partial charge in [0, 0.05) is 24.9 Å². The smallest absolute Gasteiger partial charge is 0.246 e. The highest BCUT2D eigenvalue weighted by Gasteiger charge is 2.69. The molecule has 0 radical (unpaired) electrons. The van der Waals surface area contributed by atoms with Crippen LogP contribution in [0.4, 0.5) is 0 Å². The molecule has 2 saturated carbocycles. The van der Waals surface area contributed by atoms with Crippen LogP contribution in [0.5, 0.6) is 0 Å². The summed E-state index contributed by atoms with van der Waals surface area (Å²) in [5, 5.41) is 18.4. The third kappa shape index (κ3) is 4.27. The maximum absolute atomic E-state index is 13.6. The number of piperidine rings is 1. The molecule has 34 heavy (non-hydrogen) atoms. The van der Waals surface area contributed by atoms with Crippen LogP contribution in [0.2, 0.25) is 0 Å². The van der Waals surface area contributed by atoms with E-state index in [0.29, 0.717) is 13.0 Å². The molecular formula is C25H37N5O4. The van der Waals surface area contributed by atoms with Crippen molar-refractivity contribution in [2.45, 2.75) is 90.9 Å². The van der Waals surface area contributed by atoms with Crippen molar-refractivity contribution in [3.8, 4) is 6.07 Å². The van der Waals surface area contributed by atoms with Gasteiger partial charge in [-0.2, -0.15) is 5.26 Å². The summed E-state index contributed by atoms with van der Waals surface area (Å²) in [4.78, 5) is 52.8. The predicted octanol–water partition coefficient (Wildman–Crippen LogP) is 1.09. The van der Waals surface area contributed by atoms with Crippen molar-refractivity contribution in [3.05, 3.63) is 0 Å². The predicted molar refractivity (Wildman–Crippen MR) is 124 cm³/mol. The normalized spacial score (nSPS) is 31.7. The topological polar surface area (TPSA) is 131 Å². The minimum absolute atomic E-state index is 0.00162. The Hall–Kier alpha value is -2.63. The van der Waals surface area contributed by atoms with Crippen molar-refractivity contribution >= 4 is 23.6 Å². The molecule has 0 aromatic rings. The molecule has 4 fully saturated rings. The van der Waals surface area contributed by atoms with Gasteiger partial charge in [-0.15, -0.1) is 0 Å². The zero-order valence-corrected chi connectivity index (χ0v) is 21.0. The van der Waals surface area contributed by atoms with E-state index in [1.807, 2.05) is 20.8 Å². The first-order chi connectivity index (χ1) is 15.7. The maximum atomic E-state index is 13.6. The molecule has 2 saturated heterocycles. The molecule has 0 aromatic heterocycles. The fourth-order valence-corrected chi connectivity index (χ4v) is 6.17. The third-order valence-electron chi connectivity index (χ3n) is 8.46. The Labute approximate surface area is 201 Å². The van der Waals surface area contributed by atoms with E-state index >= 15 is 0 Å². The lowest BCUT2D eigenvalue weighted by molar-refractivity contribution is -0.145. The maximum Gasteiger partial charge on any atom is 0.246 e. The Morgan fingerprint density at radius 1 is 1.24 bits per heavy atom. The molecule has 1 spiro atoms. The molecule has 9 heteroatoms. The molecule has 4 rings (SSSR count). The van der Waals surface area contributed by atoms with Crippen molar-refractivity contribution < 1.29 is 19.2 Å². The van der Waals surface area contributed by atoms with Crippen LogP contribution in [0.25, 0.3) is 0 Å². The molecule has 4 amide bonds. The quantitative estimate of drug-likeness (QED) is 0.534. The van der Waals surface area contributed by atoms with Crippen LogP contribution in [-0.4, -0.2) is 58.7 Å². The van der Waals surface area contributed by atoms with Gasteiger partial charge in [0.05, 0.1) is 6.07 Å². The van der Waals surface area contributed by atoms with Crippen molar-refractivity contribution in [2.24, 2.45) is 28.6 Å². The minimum Gasteiger partial charge on any atom is -0.350 e. The second kappa shape index (κ2) is 7.96. The molecule has 0 unspecified atom stereocenters. The monoisotopic (exact) mass is 471 g/mol. The van der Waals surface area contributed by atoms with E-state index in [1.54, 1.807) is 4.90 Å². The van der Waals surface area contributed by atoms with E-state index in [2.05, 4.69) is 35.9 Å². The number of nitrogens with zero attached hydrogens (tertiary/aromatic N) is 2. The van der Waals surface area contributed by atoms with Crippen LogP contribution in [-0.2, 0) is 19.2 Å². The number of amides is 4. The van der Waals surface area contributed by atoms with Gasteiger partial charge in [0.2, 0.25) is 23.6 Å². The van der Waals surface area contributed by atoms with E-state index in [0.717, 1.165) is 12.8 Å².